The molecule has 2 rings (SSSR count). The Morgan fingerprint density at radius 1 is 1.16 bits per heavy atom. The van der Waals surface area contributed by atoms with E-state index in [0.29, 0.717) is 25.3 Å². The topological polar surface area (TPSA) is 67.2 Å². The Kier molecular flexibility index (Phi) is 6.33. The zero-order chi connectivity index (χ0) is 18.4. The number of aryl methyl sites for hydroxylation is 2. The van der Waals surface area contributed by atoms with E-state index in [1.54, 1.807) is 15.6 Å². The summed E-state index contributed by atoms with van der Waals surface area (Å²) in [5, 5.41) is 7.20. The van der Waals surface area contributed by atoms with Crippen molar-refractivity contribution in [3.05, 3.63) is 53.3 Å². The third-order valence-corrected chi connectivity index (χ3v) is 4.16. The molecule has 134 valence electrons. The SMILES string of the molecule is CCN(CC)C(=O)C(NC(=O)c1cc(C)nn1CC)c1ccccc1. The minimum atomic E-state index is -0.714. The molecule has 25 heavy (non-hydrogen) atoms. The summed E-state index contributed by atoms with van der Waals surface area (Å²) in [5.41, 5.74) is 2.01. The number of carbonyl (C=O) groups is 2. The highest BCUT2D eigenvalue weighted by Gasteiger charge is 2.27. The Balaban J connectivity index is 2.33. The molecular formula is C19H26N4O2. The number of nitrogens with one attached hydrogen (secondary N) is 1. The van der Waals surface area contributed by atoms with Gasteiger partial charge in [0, 0.05) is 19.6 Å². The van der Waals surface area contributed by atoms with E-state index >= 15 is 0 Å². The number of likely N-dealkylation sites (N-methyl/N-ethyl adjacent to an activating group) is 1. The number of hydrogen-bond donors (Lipinski definition) is 1. The highest BCUT2D eigenvalue weighted by molar-refractivity contribution is 5.96. The summed E-state index contributed by atoms with van der Waals surface area (Å²) in [7, 11) is 0. The Morgan fingerprint density at radius 3 is 2.36 bits per heavy atom. The van der Waals surface area contributed by atoms with Gasteiger partial charge in [-0.1, -0.05) is 30.3 Å². The number of carbonyl (C=O) groups excluding carboxylic acids is 2. The van der Waals surface area contributed by atoms with Gasteiger partial charge in [0.2, 0.25) is 5.91 Å². The number of amides is 2. The Bertz CT molecular complexity index is 720. The zero-order valence-corrected chi connectivity index (χ0v) is 15.3. The molecular weight excluding hydrogens is 316 g/mol. The van der Waals surface area contributed by atoms with Crippen LogP contribution < -0.4 is 5.32 Å². The number of benzene rings is 1. The van der Waals surface area contributed by atoms with Crippen molar-refractivity contribution in [3.8, 4) is 0 Å². The van der Waals surface area contributed by atoms with E-state index in [4.69, 9.17) is 0 Å². The van der Waals surface area contributed by atoms with E-state index < -0.39 is 6.04 Å². The highest BCUT2D eigenvalue weighted by Crippen LogP contribution is 2.17. The van der Waals surface area contributed by atoms with Crippen LogP contribution in [0.15, 0.2) is 36.4 Å². The highest BCUT2D eigenvalue weighted by atomic mass is 16.2. The lowest BCUT2D eigenvalue weighted by molar-refractivity contribution is -0.133. The molecule has 1 N–H and O–H groups in total. The molecule has 1 aromatic carbocycles. The van der Waals surface area contributed by atoms with Gasteiger partial charge in [-0.15, -0.1) is 0 Å². The first kappa shape index (κ1) is 18.7. The molecule has 0 bridgehead atoms. The standard InChI is InChI=1S/C19H26N4O2/c1-5-22(6-2)19(25)17(15-11-9-8-10-12-15)20-18(24)16-13-14(4)21-23(16)7-3/h8-13,17H,5-7H2,1-4H3,(H,20,24). The minimum absolute atomic E-state index is 0.108. The Morgan fingerprint density at radius 2 is 1.80 bits per heavy atom. The van der Waals surface area contributed by atoms with Crippen molar-refractivity contribution in [2.75, 3.05) is 13.1 Å². The summed E-state index contributed by atoms with van der Waals surface area (Å²) >= 11 is 0. The summed E-state index contributed by atoms with van der Waals surface area (Å²) in [6, 6.07) is 10.4. The van der Waals surface area contributed by atoms with E-state index in [2.05, 4.69) is 10.4 Å². The lowest BCUT2D eigenvalue weighted by Crippen LogP contribution is -2.43. The van der Waals surface area contributed by atoms with Crippen molar-refractivity contribution in [3.63, 3.8) is 0 Å². The number of aromatic nitrogens is 2. The maximum absolute atomic E-state index is 12.9. The van der Waals surface area contributed by atoms with Crippen LogP contribution in [0.4, 0.5) is 0 Å². The molecule has 0 radical (unpaired) electrons. The van der Waals surface area contributed by atoms with E-state index in [0.717, 1.165) is 11.3 Å². The van der Waals surface area contributed by atoms with Crippen LogP contribution in [0, 0.1) is 6.92 Å². The summed E-state index contributed by atoms with van der Waals surface area (Å²) in [6.07, 6.45) is 0. The maximum atomic E-state index is 12.9. The van der Waals surface area contributed by atoms with Gasteiger partial charge in [0.05, 0.1) is 5.69 Å². The van der Waals surface area contributed by atoms with Crippen LogP contribution in [-0.4, -0.2) is 39.6 Å². The molecule has 2 aromatic rings. The average molecular weight is 342 g/mol. The second-order valence-electron chi connectivity index (χ2n) is 5.81. The van der Waals surface area contributed by atoms with Gasteiger partial charge in [-0.25, -0.2) is 0 Å². The smallest absolute Gasteiger partial charge is 0.270 e. The van der Waals surface area contributed by atoms with Gasteiger partial charge in [-0.3, -0.25) is 14.3 Å². The van der Waals surface area contributed by atoms with Crippen molar-refractivity contribution in [2.24, 2.45) is 0 Å². The lowest BCUT2D eigenvalue weighted by Gasteiger charge is -2.26. The monoisotopic (exact) mass is 342 g/mol. The van der Waals surface area contributed by atoms with Gasteiger partial charge >= 0.3 is 0 Å². The summed E-state index contributed by atoms with van der Waals surface area (Å²) < 4.78 is 1.65. The van der Waals surface area contributed by atoms with E-state index in [-0.39, 0.29) is 11.8 Å². The summed E-state index contributed by atoms with van der Waals surface area (Å²) in [5.74, 6) is -0.402. The number of rotatable bonds is 7. The second kappa shape index (κ2) is 8.46. The third kappa shape index (κ3) is 4.26. The van der Waals surface area contributed by atoms with Crippen molar-refractivity contribution >= 4 is 11.8 Å². The van der Waals surface area contributed by atoms with Crippen LogP contribution in [-0.2, 0) is 11.3 Å². The van der Waals surface area contributed by atoms with Crippen LogP contribution >= 0.6 is 0 Å². The summed E-state index contributed by atoms with van der Waals surface area (Å²) in [6.45, 7) is 9.43. The normalized spacial score (nSPS) is 11.8. The molecule has 1 heterocycles. The van der Waals surface area contributed by atoms with Crippen molar-refractivity contribution in [2.45, 2.75) is 40.3 Å². The third-order valence-electron chi connectivity index (χ3n) is 4.16. The maximum Gasteiger partial charge on any atom is 0.270 e. The molecule has 0 aliphatic carbocycles. The molecule has 2 amide bonds. The zero-order valence-electron chi connectivity index (χ0n) is 15.3. The first-order valence-electron chi connectivity index (χ1n) is 8.70. The van der Waals surface area contributed by atoms with Gasteiger partial charge in [-0.2, -0.15) is 5.10 Å². The molecule has 0 spiro atoms. The second-order valence-corrected chi connectivity index (χ2v) is 5.81. The van der Waals surface area contributed by atoms with Crippen LogP contribution in [0.3, 0.4) is 0 Å². The average Bonchev–Trinajstić information content (AvgIpc) is 3.02. The molecule has 6 nitrogen and oxygen atoms in total. The summed E-state index contributed by atoms with van der Waals surface area (Å²) in [4.78, 5) is 27.4. The van der Waals surface area contributed by atoms with Crippen LogP contribution in [0.5, 0.6) is 0 Å². The van der Waals surface area contributed by atoms with Gasteiger partial charge in [0.15, 0.2) is 0 Å². The van der Waals surface area contributed by atoms with E-state index in [9.17, 15) is 9.59 Å². The number of hydrogen-bond acceptors (Lipinski definition) is 3. The fraction of sp³-hybridized carbons (Fsp3) is 0.421. The van der Waals surface area contributed by atoms with Crippen molar-refractivity contribution < 1.29 is 9.59 Å². The largest absolute Gasteiger partial charge is 0.341 e. The van der Waals surface area contributed by atoms with Crippen molar-refractivity contribution in [1.29, 1.82) is 0 Å². The molecule has 1 unspecified atom stereocenters. The fourth-order valence-corrected chi connectivity index (χ4v) is 2.83. The first-order valence-corrected chi connectivity index (χ1v) is 8.70. The van der Waals surface area contributed by atoms with Crippen molar-refractivity contribution in [1.82, 2.24) is 20.0 Å². The molecule has 0 aliphatic rings. The van der Waals surface area contributed by atoms with Gasteiger partial charge in [0.25, 0.3) is 5.91 Å². The Labute approximate surface area is 148 Å². The molecule has 6 heteroatoms. The van der Waals surface area contributed by atoms with Gasteiger partial charge in [-0.05, 0) is 39.3 Å². The Hall–Kier alpha value is -2.63. The predicted molar refractivity (Wildman–Crippen MR) is 97.2 cm³/mol. The number of nitrogens with zero attached hydrogens (tertiary/aromatic N) is 3. The van der Waals surface area contributed by atoms with Crippen LogP contribution in [0.1, 0.15) is 48.6 Å². The van der Waals surface area contributed by atoms with Crippen LogP contribution in [0.2, 0.25) is 0 Å². The predicted octanol–water partition coefficient (Wildman–Crippen LogP) is 2.55. The van der Waals surface area contributed by atoms with E-state index in [1.165, 1.54) is 0 Å². The van der Waals surface area contributed by atoms with Gasteiger partial charge in [0.1, 0.15) is 11.7 Å². The molecule has 0 fully saturated rings. The minimum Gasteiger partial charge on any atom is -0.341 e. The molecule has 1 aromatic heterocycles. The fourth-order valence-electron chi connectivity index (χ4n) is 2.83. The molecule has 1 atom stereocenters. The molecule has 0 saturated heterocycles. The van der Waals surface area contributed by atoms with Gasteiger partial charge < -0.3 is 10.2 Å². The first-order chi connectivity index (χ1) is 12.0. The molecule has 0 aliphatic heterocycles. The molecule has 0 saturated carbocycles. The van der Waals surface area contributed by atoms with Crippen LogP contribution in [0.25, 0.3) is 0 Å². The quantitative estimate of drug-likeness (QED) is 0.841. The van der Waals surface area contributed by atoms with E-state index in [1.807, 2.05) is 58.0 Å². The lowest BCUT2D eigenvalue weighted by atomic mass is 10.1.